The number of nitrogens with zero attached hydrogens (tertiary/aromatic N) is 1. The fourth-order valence-corrected chi connectivity index (χ4v) is 5.24. The topological polar surface area (TPSA) is 96.0 Å². The number of halogens is 3. The first-order valence-corrected chi connectivity index (χ1v) is 14.6. The molecule has 8 nitrogen and oxygen atoms in total. The number of pyridine rings is 1. The predicted molar refractivity (Wildman–Crippen MR) is 149 cm³/mol. The average molecular weight is 593 g/mol. The second kappa shape index (κ2) is 15.4. The van der Waals surface area contributed by atoms with Crippen molar-refractivity contribution in [3.8, 4) is 11.5 Å². The number of ether oxygens (including phenoxy) is 2. The van der Waals surface area contributed by atoms with Crippen molar-refractivity contribution in [1.82, 2.24) is 10.3 Å². The number of nitrogens with one attached hydrogen (secondary N) is 1. The lowest BCUT2D eigenvalue weighted by atomic mass is 10.1. The molecule has 0 spiro atoms. The van der Waals surface area contributed by atoms with E-state index >= 15 is 0 Å². The van der Waals surface area contributed by atoms with E-state index in [4.69, 9.17) is 18.5 Å². The summed E-state index contributed by atoms with van der Waals surface area (Å²) < 4.78 is 71.5. The van der Waals surface area contributed by atoms with Crippen LogP contribution in [0, 0.1) is 0 Å². The van der Waals surface area contributed by atoms with Crippen LogP contribution in [0.1, 0.15) is 41.9 Å². The van der Waals surface area contributed by atoms with Crippen molar-refractivity contribution >= 4 is 19.6 Å². The molecular formula is C29H32F3N2O6P. The van der Waals surface area contributed by atoms with Gasteiger partial charge in [-0.3, -0.25) is 14.3 Å². The lowest BCUT2D eigenvalue weighted by molar-refractivity contribution is -0.153. The summed E-state index contributed by atoms with van der Waals surface area (Å²) in [4.78, 5) is 16.9. The first-order valence-electron chi connectivity index (χ1n) is 12.9. The van der Waals surface area contributed by atoms with Gasteiger partial charge >= 0.3 is 13.8 Å². The lowest BCUT2D eigenvalue weighted by Gasteiger charge is -2.18. The van der Waals surface area contributed by atoms with Gasteiger partial charge in [-0.1, -0.05) is 30.3 Å². The van der Waals surface area contributed by atoms with Crippen LogP contribution in [0.15, 0.2) is 78.6 Å². The minimum atomic E-state index is -4.44. The molecule has 41 heavy (non-hydrogen) atoms. The van der Waals surface area contributed by atoms with E-state index in [9.17, 15) is 22.5 Å². The molecule has 12 heteroatoms. The SMILES string of the molecule is CCOP(=O)(CC/C(=C\c1ccc(OCc2cc(OCC(F)(F)F)ccn2)cc1)NC(=O)c1ccccc1)OCC. The third kappa shape index (κ3) is 11.4. The maximum absolute atomic E-state index is 13.0. The number of hydrogen-bond donors (Lipinski definition) is 1. The summed E-state index contributed by atoms with van der Waals surface area (Å²) in [5.41, 5.74) is 2.13. The molecule has 0 aliphatic carbocycles. The van der Waals surface area contributed by atoms with Crippen LogP contribution in [-0.4, -0.2) is 43.1 Å². The Morgan fingerprint density at radius 3 is 2.27 bits per heavy atom. The molecule has 0 aliphatic rings. The molecule has 3 aromatic rings. The fourth-order valence-electron chi connectivity index (χ4n) is 3.60. The molecule has 2 aromatic carbocycles. The van der Waals surface area contributed by atoms with Crippen LogP contribution in [0.4, 0.5) is 13.2 Å². The Labute approximate surface area is 237 Å². The van der Waals surface area contributed by atoms with Gasteiger partial charge in [0.25, 0.3) is 5.91 Å². The maximum atomic E-state index is 13.0. The van der Waals surface area contributed by atoms with Crippen molar-refractivity contribution in [1.29, 1.82) is 0 Å². The highest BCUT2D eigenvalue weighted by molar-refractivity contribution is 7.53. The third-order valence-electron chi connectivity index (χ3n) is 5.41. The molecule has 0 radical (unpaired) electrons. The van der Waals surface area contributed by atoms with E-state index in [-0.39, 0.29) is 44.1 Å². The number of alkyl halides is 3. The van der Waals surface area contributed by atoms with Crippen LogP contribution in [0.2, 0.25) is 0 Å². The van der Waals surface area contributed by atoms with Gasteiger partial charge in [0.15, 0.2) is 6.61 Å². The Morgan fingerprint density at radius 2 is 1.63 bits per heavy atom. The standard InChI is InChI=1S/C29H32F3N2O6P/c1-3-39-41(36,40-4-2)17-15-24(34-28(35)23-8-6-5-7-9-23)18-22-10-12-26(13-11-22)37-20-25-19-27(14-16-33-25)38-21-29(30,31)32/h5-14,16,18-19H,3-4,15,17,20-21H2,1-2H3,(H,34,35)/b24-18+. The Bertz CT molecular complexity index is 1320. The fraction of sp³-hybridized carbons (Fsp3) is 0.310. The molecule has 3 rings (SSSR count). The van der Waals surface area contributed by atoms with E-state index in [1.165, 1.54) is 18.3 Å². The van der Waals surface area contributed by atoms with Crippen LogP contribution in [0.3, 0.4) is 0 Å². The molecule has 0 aliphatic heterocycles. The molecule has 1 heterocycles. The van der Waals surface area contributed by atoms with Crippen LogP contribution in [0.25, 0.3) is 6.08 Å². The molecule has 1 aromatic heterocycles. The number of aromatic nitrogens is 1. The van der Waals surface area contributed by atoms with Crippen LogP contribution < -0.4 is 14.8 Å². The van der Waals surface area contributed by atoms with Crippen molar-refractivity contribution in [3.63, 3.8) is 0 Å². The van der Waals surface area contributed by atoms with Gasteiger partial charge in [-0.2, -0.15) is 13.2 Å². The maximum Gasteiger partial charge on any atom is 0.422 e. The van der Waals surface area contributed by atoms with Crippen molar-refractivity contribution in [2.45, 2.75) is 33.1 Å². The molecule has 0 atom stereocenters. The van der Waals surface area contributed by atoms with Gasteiger partial charge in [0.05, 0.1) is 25.1 Å². The number of benzene rings is 2. The molecule has 0 fully saturated rings. The summed E-state index contributed by atoms with van der Waals surface area (Å²) in [6, 6.07) is 18.4. The largest absolute Gasteiger partial charge is 0.487 e. The summed E-state index contributed by atoms with van der Waals surface area (Å²) in [6.07, 6.45) is -1.02. The van der Waals surface area contributed by atoms with Crippen molar-refractivity contribution in [2.24, 2.45) is 0 Å². The zero-order valence-corrected chi connectivity index (χ0v) is 23.6. The van der Waals surface area contributed by atoms with E-state index in [2.05, 4.69) is 10.3 Å². The van der Waals surface area contributed by atoms with E-state index < -0.39 is 20.4 Å². The second-order valence-electron chi connectivity index (χ2n) is 8.65. The molecule has 1 amide bonds. The highest BCUT2D eigenvalue weighted by atomic mass is 31.2. The van der Waals surface area contributed by atoms with E-state index in [0.717, 1.165) is 5.56 Å². The summed E-state index contributed by atoms with van der Waals surface area (Å²) in [5.74, 6) is 0.228. The Balaban J connectivity index is 1.70. The van der Waals surface area contributed by atoms with Crippen LogP contribution in [0.5, 0.6) is 11.5 Å². The summed E-state index contributed by atoms with van der Waals surface area (Å²) in [5, 5.41) is 2.89. The van der Waals surface area contributed by atoms with Gasteiger partial charge in [0, 0.05) is 23.5 Å². The summed E-state index contributed by atoms with van der Waals surface area (Å²) >= 11 is 0. The summed E-state index contributed by atoms with van der Waals surface area (Å²) in [7, 11) is -3.34. The Kier molecular flexibility index (Phi) is 11.9. The molecule has 220 valence electrons. The van der Waals surface area contributed by atoms with Gasteiger partial charge in [0.2, 0.25) is 0 Å². The number of hydrogen-bond acceptors (Lipinski definition) is 7. The molecule has 0 saturated heterocycles. The van der Waals surface area contributed by atoms with E-state index in [1.54, 1.807) is 68.5 Å². The highest BCUT2D eigenvalue weighted by Gasteiger charge is 2.28. The van der Waals surface area contributed by atoms with Crippen molar-refractivity contribution < 1.29 is 41.1 Å². The predicted octanol–water partition coefficient (Wildman–Crippen LogP) is 7.03. The number of rotatable bonds is 15. The van der Waals surface area contributed by atoms with E-state index in [1.807, 2.05) is 6.07 Å². The average Bonchev–Trinajstić information content (AvgIpc) is 2.95. The first-order chi connectivity index (χ1) is 19.6. The number of allylic oxidation sites excluding steroid dienone is 1. The zero-order valence-electron chi connectivity index (χ0n) is 22.7. The van der Waals surface area contributed by atoms with Crippen molar-refractivity contribution in [3.05, 3.63) is 95.4 Å². The van der Waals surface area contributed by atoms with Gasteiger partial charge in [-0.25, -0.2) is 0 Å². The number of amides is 1. The molecule has 0 bridgehead atoms. The zero-order chi connectivity index (χ0) is 29.7. The normalized spacial score (nSPS) is 12.2. The van der Waals surface area contributed by atoms with Gasteiger partial charge in [-0.05, 0) is 62.2 Å². The smallest absolute Gasteiger partial charge is 0.422 e. The Morgan fingerprint density at radius 1 is 0.951 bits per heavy atom. The van der Waals surface area contributed by atoms with Gasteiger partial charge in [-0.15, -0.1) is 0 Å². The van der Waals surface area contributed by atoms with Crippen LogP contribution >= 0.6 is 7.60 Å². The van der Waals surface area contributed by atoms with Gasteiger partial charge < -0.3 is 23.8 Å². The van der Waals surface area contributed by atoms with Gasteiger partial charge in [0.1, 0.15) is 18.1 Å². The molecular weight excluding hydrogens is 560 g/mol. The minimum Gasteiger partial charge on any atom is -0.487 e. The first kappa shape index (κ1) is 31.9. The Hall–Kier alpha value is -3.66. The van der Waals surface area contributed by atoms with Crippen LogP contribution in [-0.2, 0) is 20.2 Å². The summed E-state index contributed by atoms with van der Waals surface area (Å²) in [6.45, 7) is 2.55. The van der Waals surface area contributed by atoms with Crippen molar-refractivity contribution in [2.75, 3.05) is 26.0 Å². The number of carbonyl (C=O) groups excluding carboxylic acids is 1. The number of carbonyl (C=O) groups is 1. The molecule has 0 unspecified atom stereocenters. The molecule has 0 saturated carbocycles. The highest BCUT2D eigenvalue weighted by Crippen LogP contribution is 2.49. The second-order valence-corrected chi connectivity index (χ2v) is 10.8. The third-order valence-corrected chi connectivity index (χ3v) is 7.49. The minimum absolute atomic E-state index is 0.0148. The monoisotopic (exact) mass is 592 g/mol. The van der Waals surface area contributed by atoms with E-state index in [0.29, 0.717) is 22.7 Å². The quantitative estimate of drug-likeness (QED) is 0.189. The molecule has 1 N–H and O–H groups in total. The lowest BCUT2D eigenvalue weighted by Crippen LogP contribution is -2.23.